The van der Waals surface area contributed by atoms with Crippen molar-refractivity contribution in [2.45, 2.75) is 51.9 Å². The zero-order valence-electron chi connectivity index (χ0n) is 21.8. The van der Waals surface area contributed by atoms with Crippen LogP contribution in [0.1, 0.15) is 43.5 Å². The van der Waals surface area contributed by atoms with Gasteiger partial charge in [0.2, 0.25) is 0 Å². The standard InChI is InChI=1S/C30H31F2N3O3/c1-5-38-29(37)35(16-18-10-7-6-8-11-18)27-24-22(34-30(3,4)28(27)36)14-21(31)23(25(24)32)20-13-9-12-19-17(2)15-33-26(19)20/h6-15,27-28,33-34,36H,5,16H2,1-4H3/t27-,28?/m0/s1. The number of hydrogen-bond acceptors (Lipinski definition) is 4. The van der Waals surface area contributed by atoms with E-state index in [1.165, 1.54) is 11.0 Å². The van der Waals surface area contributed by atoms with Crippen molar-refractivity contribution in [3.05, 3.63) is 89.1 Å². The molecule has 1 aliphatic heterocycles. The van der Waals surface area contributed by atoms with E-state index < -0.39 is 35.4 Å². The summed E-state index contributed by atoms with van der Waals surface area (Å²) in [5.41, 5.74) is 1.66. The number of aliphatic hydroxyl groups excluding tert-OH is 1. The van der Waals surface area contributed by atoms with Gasteiger partial charge in [0.25, 0.3) is 0 Å². The predicted molar refractivity (Wildman–Crippen MR) is 144 cm³/mol. The molecular formula is C30H31F2N3O3. The van der Waals surface area contributed by atoms with Gasteiger partial charge in [-0.25, -0.2) is 13.6 Å². The van der Waals surface area contributed by atoms with E-state index in [4.69, 9.17) is 4.74 Å². The third-order valence-corrected chi connectivity index (χ3v) is 7.27. The topological polar surface area (TPSA) is 77.6 Å². The molecule has 0 fully saturated rings. The van der Waals surface area contributed by atoms with Crippen LogP contribution in [0.4, 0.5) is 19.3 Å². The normalized spacial score (nSPS) is 18.1. The van der Waals surface area contributed by atoms with Crippen LogP contribution >= 0.6 is 0 Å². The van der Waals surface area contributed by atoms with Crippen molar-refractivity contribution >= 4 is 22.7 Å². The number of nitrogens with one attached hydrogen (secondary N) is 2. The van der Waals surface area contributed by atoms with Crippen molar-refractivity contribution in [1.82, 2.24) is 9.88 Å². The van der Waals surface area contributed by atoms with Gasteiger partial charge in [-0.05, 0) is 44.9 Å². The molecule has 2 atom stereocenters. The highest BCUT2D eigenvalue weighted by Crippen LogP contribution is 2.47. The number of aromatic nitrogens is 1. The van der Waals surface area contributed by atoms with Crippen LogP contribution in [0.5, 0.6) is 0 Å². The number of aromatic amines is 1. The predicted octanol–water partition coefficient (Wildman–Crippen LogP) is 6.69. The summed E-state index contributed by atoms with van der Waals surface area (Å²) in [6, 6.07) is 14.6. The number of aliphatic hydroxyl groups is 1. The lowest BCUT2D eigenvalue weighted by molar-refractivity contribution is -0.000255. The molecule has 6 nitrogen and oxygen atoms in total. The molecule has 3 N–H and O–H groups in total. The first-order valence-corrected chi connectivity index (χ1v) is 12.7. The number of aryl methyl sites for hydroxylation is 1. The summed E-state index contributed by atoms with van der Waals surface area (Å²) in [6.45, 7) is 7.22. The summed E-state index contributed by atoms with van der Waals surface area (Å²) in [7, 11) is 0. The monoisotopic (exact) mass is 519 g/mol. The van der Waals surface area contributed by atoms with Crippen molar-refractivity contribution in [3.63, 3.8) is 0 Å². The van der Waals surface area contributed by atoms with Crippen LogP contribution in [0.3, 0.4) is 0 Å². The van der Waals surface area contributed by atoms with E-state index in [9.17, 15) is 9.90 Å². The number of carbonyl (C=O) groups excluding carboxylic acids is 1. The Kier molecular flexibility index (Phi) is 6.61. The molecule has 4 aromatic rings. The van der Waals surface area contributed by atoms with Crippen LogP contribution in [-0.2, 0) is 11.3 Å². The summed E-state index contributed by atoms with van der Waals surface area (Å²) < 4.78 is 37.7. The number of benzene rings is 3. The van der Waals surface area contributed by atoms with E-state index in [0.29, 0.717) is 11.1 Å². The van der Waals surface area contributed by atoms with Gasteiger partial charge in [0, 0.05) is 34.9 Å². The highest BCUT2D eigenvalue weighted by atomic mass is 19.1. The van der Waals surface area contributed by atoms with Gasteiger partial charge in [-0.3, -0.25) is 4.90 Å². The maximum atomic E-state index is 16.7. The van der Waals surface area contributed by atoms with Gasteiger partial charge >= 0.3 is 6.09 Å². The van der Waals surface area contributed by atoms with Crippen molar-refractivity contribution in [2.75, 3.05) is 11.9 Å². The van der Waals surface area contributed by atoms with Crippen molar-refractivity contribution in [1.29, 1.82) is 0 Å². The molecule has 0 aliphatic carbocycles. The SMILES string of the molecule is CCOC(=O)N(Cc1ccccc1)[C@H]1c2c(cc(F)c(-c3cccc4c(C)c[nH]c34)c2F)NC(C)(C)C1O. The average molecular weight is 520 g/mol. The average Bonchev–Trinajstić information content (AvgIpc) is 3.26. The number of H-pyrrole nitrogens is 1. The summed E-state index contributed by atoms with van der Waals surface area (Å²) in [4.78, 5) is 17.8. The molecule has 0 saturated heterocycles. The number of halogens is 2. The summed E-state index contributed by atoms with van der Waals surface area (Å²) in [5.74, 6) is -1.58. The number of rotatable bonds is 5. The van der Waals surface area contributed by atoms with E-state index >= 15 is 8.78 Å². The lowest BCUT2D eigenvalue weighted by Crippen LogP contribution is -2.56. The second kappa shape index (κ2) is 9.76. The molecule has 8 heteroatoms. The van der Waals surface area contributed by atoms with E-state index in [-0.39, 0.29) is 30.0 Å². The fraction of sp³-hybridized carbons (Fsp3) is 0.300. The molecule has 1 aromatic heterocycles. The number of fused-ring (bicyclic) bond motifs is 2. The molecule has 0 spiro atoms. The van der Waals surface area contributed by atoms with E-state index in [1.54, 1.807) is 39.1 Å². The van der Waals surface area contributed by atoms with Crippen molar-refractivity contribution in [3.8, 4) is 11.1 Å². The highest BCUT2D eigenvalue weighted by molar-refractivity contribution is 5.96. The van der Waals surface area contributed by atoms with Crippen LogP contribution in [0, 0.1) is 18.6 Å². The lowest BCUT2D eigenvalue weighted by atomic mass is 9.80. The number of nitrogens with zero attached hydrogens (tertiary/aromatic N) is 1. The van der Waals surface area contributed by atoms with Crippen molar-refractivity contribution < 1.29 is 23.4 Å². The zero-order chi connectivity index (χ0) is 27.2. The van der Waals surface area contributed by atoms with Crippen LogP contribution in [0.25, 0.3) is 22.0 Å². The first-order chi connectivity index (χ1) is 18.1. The molecule has 1 amide bonds. The molecule has 1 unspecified atom stereocenters. The Morgan fingerprint density at radius 2 is 1.87 bits per heavy atom. The minimum atomic E-state index is -1.24. The first-order valence-electron chi connectivity index (χ1n) is 12.7. The Morgan fingerprint density at radius 1 is 1.13 bits per heavy atom. The second-order valence-corrected chi connectivity index (χ2v) is 10.3. The third-order valence-electron chi connectivity index (χ3n) is 7.27. The van der Waals surface area contributed by atoms with Crippen LogP contribution < -0.4 is 5.32 Å². The number of amides is 1. The maximum Gasteiger partial charge on any atom is 0.410 e. The summed E-state index contributed by atoms with van der Waals surface area (Å²) in [6.07, 6.45) is -0.141. The molecule has 0 saturated carbocycles. The van der Waals surface area contributed by atoms with E-state index in [1.807, 2.05) is 43.3 Å². The minimum absolute atomic E-state index is 0.0116. The molecule has 0 bridgehead atoms. The number of anilines is 1. The van der Waals surface area contributed by atoms with Gasteiger partial charge in [-0.2, -0.15) is 0 Å². The number of carbonyl (C=O) groups is 1. The Hall–Kier alpha value is -3.91. The molecule has 0 radical (unpaired) electrons. The zero-order valence-corrected chi connectivity index (χ0v) is 21.8. The quantitative estimate of drug-likeness (QED) is 0.275. The fourth-order valence-corrected chi connectivity index (χ4v) is 5.34. The largest absolute Gasteiger partial charge is 0.450 e. The molecule has 5 rings (SSSR count). The Labute approximate surface area is 220 Å². The fourth-order valence-electron chi connectivity index (χ4n) is 5.34. The lowest BCUT2D eigenvalue weighted by Gasteiger charge is -2.47. The van der Waals surface area contributed by atoms with Gasteiger partial charge in [-0.15, -0.1) is 0 Å². The van der Waals surface area contributed by atoms with Gasteiger partial charge in [0.1, 0.15) is 17.7 Å². The van der Waals surface area contributed by atoms with Crippen LogP contribution in [-0.4, -0.2) is 39.3 Å². The third kappa shape index (κ3) is 4.28. The first kappa shape index (κ1) is 25.7. The smallest absolute Gasteiger partial charge is 0.410 e. The molecular weight excluding hydrogens is 488 g/mol. The van der Waals surface area contributed by atoms with Gasteiger partial charge in [0.15, 0.2) is 0 Å². The minimum Gasteiger partial charge on any atom is -0.450 e. The van der Waals surface area contributed by atoms with Crippen LogP contribution in [0.2, 0.25) is 0 Å². The molecule has 2 heterocycles. The summed E-state index contributed by atoms with van der Waals surface area (Å²) in [5, 5.41) is 15.5. The van der Waals surface area contributed by atoms with E-state index in [2.05, 4.69) is 10.3 Å². The Balaban J connectivity index is 1.74. The molecule has 3 aromatic carbocycles. The van der Waals surface area contributed by atoms with Crippen LogP contribution in [0.15, 0.2) is 60.8 Å². The second-order valence-electron chi connectivity index (χ2n) is 10.3. The van der Waals surface area contributed by atoms with Crippen molar-refractivity contribution in [2.24, 2.45) is 0 Å². The Morgan fingerprint density at radius 3 is 2.58 bits per heavy atom. The number of ether oxygens (including phenoxy) is 1. The maximum absolute atomic E-state index is 16.7. The number of para-hydroxylation sites is 1. The van der Waals surface area contributed by atoms with Gasteiger partial charge < -0.3 is 20.1 Å². The summed E-state index contributed by atoms with van der Waals surface area (Å²) >= 11 is 0. The molecule has 38 heavy (non-hydrogen) atoms. The molecule has 198 valence electrons. The molecule has 1 aliphatic rings. The van der Waals surface area contributed by atoms with E-state index in [0.717, 1.165) is 16.5 Å². The highest BCUT2D eigenvalue weighted by Gasteiger charge is 2.47. The number of hydrogen-bond donors (Lipinski definition) is 3. The Bertz CT molecular complexity index is 1500. The van der Waals surface area contributed by atoms with Gasteiger partial charge in [-0.1, -0.05) is 48.5 Å². The van der Waals surface area contributed by atoms with Gasteiger partial charge in [0.05, 0.1) is 29.3 Å².